The Bertz CT molecular complexity index is 464. The Morgan fingerprint density at radius 2 is 1.95 bits per heavy atom. The molecule has 0 radical (unpaired) electrons. The normalized spacial score (nSPS) is 19.6. The van der Waals surface area contributed by atoms with Crippen molar-refractivity contribution in [2.45, 2.75) is 53.0 Å². The molecule has 118 valence electrons. The molecule has 1 heterocycles. The van der Waals surface area contributed by atoms with Crippen molar-refractivity contribution in [1.29, 1.82) is 0 Å². The lowest BCUT2D eigenvalue weighted by Crippen LogP contribution is -2.39. The van der Waals surface area contributed by atoms with Crippen LogP contribution in [0.15, 0.2) is 22.7 Å². The van der Waals surface area contributed by atoms with Crippen molar-refractivity contribution >= 4 is 21.6 Å². The summed E-state index contributed by atoms with van der Waals surface area (Å²) in [7, 11) is 0. The number of anilines is 1. The molecule has 1 unspecified atom stereocenters. The molecule has 1 aliphatic rings. The number of nitrogens with zero attached hydrogens (tertiary/aromatic N) is 1. The Labute approximate surface area is 138 Å². The highest BCUT2D eigenvalue weighted by molar-refractivity contribution is 9.10. The van der Waals surface area contributed by atoms with Crippen LogP contribution in [0.4, 0.5) is 5.69 Å². The van der Waals surface area contributed by atoms with Crippen LogP contribution in [0, 0.1) is 5.41 Å². The van der Waals surface area contributed by atoms with Crippen molar-refractivity contribution in [2.75, 3.05) is 24.5 Å². The van der Waals surface area contributed by atoms with E-state index in [9.17, 15) is 0 Å². The van der Waals surface area contributed by atoms with E-state index in [-0.39, 0.29) is 0 Å². The van der Waals surface area contributed by atoms with Crippen LogP contribution in [-0.2, 0) is 0 Å². The topological polar surface area (TPSA) is 15.3 Å². The first-order chi connectivity index (χ1) is 9.99. The molecule has 0 aromatic heterocycles. The Balaban J connectivity index is 2.20. The molecule has 1 aromatic rings. The molecule has 1 N–H and O–H groups in total. The number of benzene rings is 1. The third-order valence-electron chi connectivity index (χ3n) is 5.13. The summed E-state index contributed by atoms with van der Waals surface area (Å²) in [4.78, 5) is 2.58. The average molecular weight is 353 g/mol. The number of piperidine rings is 1. The van der Waals surface area contributed by atoms with Crippen molar-refractivity contribution < 1.29 is 0 Å². The van der Waals surface area contributed by atoms with E-state index in [1.54, 1.807) is 0 Å². The molecule has 1 saturated heterocycles. The molecule has 1 aliphatic heterocycles. The second-order valence-corrected chi connectivity index (χ2v) is 7.55. The average Bonchev–Trinajstić information content (AvgIpc) is 2.48. The van der Waals surface area contributed by atoms with Gasteiger partial charge in [-0.15, -0.1) is 0 Å². The van der Waals surface area contributed by atoms with Gasteiger partial charge in [-0.3, -0.25) is 0 Å². The summed E-state index contributed by atoms with van der Waals surface area (Å²) in [5.74, 6) is 0. The van der Waals surface area contributed by atoms with Crippen molar-refractivity contribution in [1.82, 2.24) is 5.32 Å². The molecule has 1 fully saturated rings. The van der Waals surface area contributed by atoms with Gasteiger partial charge in [-0.1, -0.05) is 43.1 Å². The second kappa shape index (κ2) is 7.15. The molecule has 21 heavy (non-hydrogen) atoms. The molecule has 0 bridgehead atoms. The van der Waals surface area contributed by atoms with E-state index >= 15 is 0 Å². The fraction of sp³-hybridized carbons (Fsp3) is 0.667. The molecular weight excluding hydrogens is 324 g/mol. The summed E-state index contributed by atoms with van der Waals surface area (Å²) in [5, 5.41) is 3.55. The molecular formula is C18H29BrN2. The highest BCUT2D eigenvalue weighted by Gasteiger charge is 2.29. The van der Waals surface area contributed by atoms with Crippen molar-refractivity contribution in [3.63, 3.8) is 0 Å². The van der Waals surface area contributed by atoms with Gasteiger partial charge in [0.05, 0.1) is 0 Å². The predicted octanol–water partition coefficient (Wildman–Crippen LogP) is 5.14. The van der Waals surface area contributed by atoms with Gasteiger partial charge < -0.3 is 10.2 Å². The Hall–Kier alpha value is -0.540. The van der Waals surface area contributed by atoms with Gasteiger partial charge in [0, 0.05) is 29.3 Å². The van der Waals surface area contributed by atoms with Gasteiger partial charge in [-0.25, -0.2) is 0 Å². The molecule has 0 aliphatic carbocycles. The molecule has 3 heteroatoms. The van der Waals surface area contributed by atoms with E-state index in [1.165, 1.54) is 48.1 Å². The zero-order valence-electron chi connectivity index (χ0n) is 13.9. The number of rotatable bonds is 5. The van der Waals surface area contributed by atoms with E-state index in [0.29, 0.717) is 11.5 Å². The smallest absolute Gasteiger partial charge is 0.0415 e. The number of nitrogens with one attached hydrogen (secondary N) is 1. The van der Waals surface area contributed by atoms with Crippen molar-refractivity contribution in [2.24, 2.45) is 5.41 Å². The van der Waals surface area contributed by atoms with Crippen LogP contribution in [-0.4, -0.2) is 19.6 Å². The van der Waals surface area contributed by atoms with Crippen LogP contribution < -0.4 is 10.2 Å². The fourth-order valence-electron chi connectivity index (χ4n) is 3.22. The maximum atomic E-state index is 3.62. The molecule has 0 spiro atoms. The summed E-state index contributed by atoms with van der Waals surface area (Å²) in [6.45, 7) is 12.6. The minimum atomic E-state index is 0.391. The summed E-state index contributed by atoms with van der Waals surface area (Å²) in [5.41, 5.74) is 3.36. The monoisotopic (exact) mass is 352 g/mol. The highest BCUT2D eigenvalue weighted by atomic mass is 79.9. The zero-order chi connectivity index (χ0) is 15.5. The third-order valence-corrected chi connectivity index (χ3v) is 5.62. The standard InChI is InChI=1S/C18H29BrN2/c1-5-18(4)9-11-21(12-10-18)17-8-7-15(19)13-16(17)14(3)20-6-2/h7-8,13-14,20H,5-6,9-12H2,1-4H3. The van der Waals surface area contributed by atoms with Crippen molar-refractivity contribution in [3.8, 4) is 0 Å². The van der Waals surface area contributed by atoms with Gasteiger partial charge in [-0.05, 0) is 55.5 Å². The lowest BCUT2D eigenvalue weighted by atomic mass is 9.78. The summed E-state index contributed by atoms with van der Waals surface area (Å²) in [6, 6.07) is 7.12. The van der Waals surface area contributed by atoms with Gasteiger partial charge in [-0.2, -0.15) is 0 Å². The van der Waals surface area contributed by atoms with Gasteiger partial charge in [0.2, 0.25) is 0 Å². The minimum Gasteiger partial charge on any atom is -0.371 e. The molecule has 2 nitrogen and oxygen atoms in total. The van der Waals surface area contributed by atoms with Crippen LogP contribution in [0.2, 0.25) is 0 Å². The van der Waals surface area contributed by atoms with Crippen LogP contribution in [0.5, 0.6) is 0 Å². The van der Waals surface area contributed by atoms with Crippen LogP contribution in [0.1, 0.15) is 58.6 Å². The number of halogens is 1. The maximum absolute atomic E-state index is 3.62. The first-order valence-electron chi connectivity index (χ1n) is 8.27. The maximum Gasteiger partial charge on any atom is 0.0415 e. The number of hydrogen-bond acceptors (Lipinski definition) is 2. The molecule has 2 rings (SSSR count). The lowest BCUT2D eigenvalue weighted by molar-refractivity contribution is 0.238. The molecule has 1 aromatic carbocycles. The zero-order valence-corrected chi connectivity index (χ0v) is 15.5. The fourth-order valence-corrected chi connectivity index (χ4v) is 3.60. The summed E-state index contributed by atoms with van der Waals surface area (Å²) >= 11 is 3.62. The highest BCUT2D eigenvalue weighted by Crippen LogP contribution is 2.38. The van der Waals surface area contributed by atoms with Crippen LogP contribution in [0.25, 0.3) is 0 Å². The third kappa shape index (κ3) is 4.01. The van der Waals surface area contributed by atoms with E-state index in [2.05, 4.69) is 72.0 Å². The van der Waals surface area contributed by atoms with E-state index in [0.717, 1.165) is 6.54 Å². The SMILES string of the molecule is CCNC(C)c1cc(Br)ccc1N1CCC(C)(CC)CC1. The first kappa shape index (κ1) is 16.8. The Kier molecular flexibility index (Phi) is 5.73. The van der Waals surface area contributed by atoms with E-state index in [1.807, 2.05) is 0 Å². The van der Waals surface area contributed by atoms with Gasteiger partial charge >= 0.3 is 0 Å². The van der Waals surface area contributed by atoms with Gasteiger partial charge in [0.25, 0.3) is 0 Å². The Morgan fingerprint density at radius 1 is 1.29 bits per heavy atom. The summed E-state index contributed by atoms with van der Waals surface area (Å²) in [6.07, 6.45) is 3.89. The van der Waals surface area contributed by atoms with Gasteiger partial charge in [0.1, 0.15) is 0 Å². The largest absolute Gasteiger partial charge is 0.371 e. The minimum absolute atomic E-state index is 0.391. The first-order valence-corrected chi connectivity index (χ1v) is 9.06. The van der Waals surface area contributed by atoms with Gasteiger partial charge in [0.15, 0.2) is 0 Å². The van der Waals surface area contributed by atoms with Crippen LogP contribution >= 0.6 is 15.9 Å². The quantitative estimate of drug-likeness (QED) is 0.789. The Morgan fingerprint density at radius 3 is 2.52 bits per heavy atom. The molecule has 0 saturated carbocycles. The predicted molar refractivity (Wildman–Crippen MR) is 96.1 cm³/mol. The lowest BCUT2D eigenvalue weighted by Gasteiger charge is -2.41. The second-order valence-electron chi connectivity index (χ2n) is 6.63. The van der Waals surface area contributed by atoms with Crippen LogP contribution in [0.3, 0.4) is 0 Å². The van der Waals surface area contributed by atoms with Crippen molar-refractivity contribution in [3.05, 3.63) is 28.2 Å². The van der Waals surface area contributed by atoms with E-state index in [4.69, 9.17) is 0 Å². The number of hydrogen-bond donors (Lipinski definition) is 1. The summed E-state index contributed by atoms with van der Waals surface area (Å²) < 4.78 is 1.17. The molecule has 1 atom stereocenters. The van der Waals surface area contributed by atoms with E-state index < -0.39 is 0 Å². The molecule has 0 amide bonds.